The Bertz CT molecular complexity index is 370. The molecule has 74 valence electrons. The van der Waals surface area contributed by atoms with Gasteiger partial charge in [0.05, 0.1) is 0 Å². The van der Waals surface area contributed by atoms with E-state index >= 15 is 0 Å². The van der Waals surface area contributed by atoms with Crippen molar-refractivity contribution in [3.63, 3.8) is 0 Å². The van der Waals surface area contributed by atoms with Gasteiger partial charge in [0.1, 0.15) is 0 Å². The summed E-state index contributed by atoms with van der Waals surface area (Å²) in [6.07, 6.45) is 3.89. The van der Waals surface area contributed by atoms with Crippen LogP contribution in [-0.4, -0.2) is 4.92 Å². The van der Waals surface area contributed by atoms with Crippen molar-refractivity contribution in [2.45, 2.75) is 20.4 Å². The molecule has 0 N–H and O–H groups in total. The number of hydrogen-bond donors (Lipinski definition) is 0. The molecule has 0 unspecified atom stereocenters. The molecule has 1 aromatic rings. The van der Waals surface area contributed by atoms with Gasteiger partial charge in [0.25, 0.3) is 0 Å². The second kappa shape index (κ2) is 4.56. The topological polar surface area (TPSA) is 43.1 Å². The third-order valence-corrected chi connectivity index (χ3v) is 2.00. The Morgan fingerprint density at radius 2 is 2.21 bits per heavy atom. The van der Waals surface area contributed by atoms with Gasteiger partial charge >= 0.3 is 0 Å². The van der Waals surface area contributed by atoms with E-state index in [2.05, 4.69) is 0 Å². The third-order valence-electron chi connectivity index (χ3n) is 2.00. The highest BCUT2D eigenvalue weighted by Crippen LogP contribution is 2.13. The van der Waals surface area contributed by atoms with Gasteiger partial charge in [-0.05, 0) is 31.0 Å². The number of rotatable bonds is 3. The molecule has 0 bridgehead atoms. The van der Waals surface area contributed by atoms with Crippen LogP contribution < -0.4 is 0 Å². The highest BCUT2D eigenvalue weighted by molar-refractivity contribution is 5.54. The molecule has 14 heavy (non-hydrogen) atoms. The molecule has 3 heteroatoms. The van der Waals surface area contributed by atoms with E-state index in [1.165, 1.54) is 0 Å². The highest BCUT2D eigenvalue weighted by atomic mass is 16.6. The second-order valence-corrected chi connectivity index (χ2v) is 3.18. The molecule has 0 amide bonds. The van der Waals surface area contributed by atoms with Crippen LogP contribution in [-0.2, 0) is 6.54 Å². The van der Waals surface area contributed by atoms with Gasteiger partial charge in [-0.1, -0.05) is 24.3 Å². The van der Waals surface area contributed by atoms with E-state index in [1.807, 2.05) is 38.1 Å². The first kappa shape index (κ1) is 10.4. The Morgan fingerprint density at radius 1 is 1.50 bits per heavy atom. The Hall–Kier alpha value is -1.64. The first-order valence-corrected chi connectivity index (χ1v) is 4.47. The van der Waals surface area contributed by atoms with Crippen molar-refractivity contribution in [3.8, 4) is 0 Å². The summed E-state index contributed by atoms with van der Waals surface area (Å²) in [4.78, 5) is 9.99. The van der Waals surface area contributed by atoms with Gasteiger partial charge in [-0.25, -0.2) is 0 Å². The molecule has 3 nitrogen and oxygen atoms in total. The van der Waals surface area contributed by atoms with Crippen LogP contribution in [0.1, 0.15) is 23.6 Å². The van der Waals surface area contributed by atoms with Crippen molar-refractivity contribution in [1.82, 2.24) is 0 Å². The summed E-state index contributed by atoms with van der Waals surface area (Å²) in [5.74, 6) is 0. The average molecular weight is 191 g/mol. The van der Waals surface area contributed by atoms with Crippen molar-refractivity contribution >= 4 is 6.08 Å². The van der Waals surface area contributed by atoms with E-state index in [0.29, 0.717) is 0 Å². The van der Waals surface area contributed by atoms with Crippen molar-refractivity contribution in [2.75, 3.05) is 0 Å². The fourth-order valence-corrected chi connectivity index (χ4v) is 1.30. The number of nitrogens with zero attached hydrogens (tertiary/aromatic N) is 1. The lowest BCUT2D eigenvalue weighted by atomic mass is 10.0. The minimum Gasteiger partial charge on any atom is -0.264 e. The molecule has 0 atom stereocenters. The zero-order chi connectivity index (χ0) is 10.6. The molecule has 0 heterocycles. The fraction of sp³-hybridized carbons (Fsp3) is 0.273. The summed E-state index contributed by atoms with van der Waals surface area (Å²) in [7, 11) is 0. The van der Waals surface area contributed by atoms with Crippen LogP contribution in [0, 0.1) is 17.0 Å². The van der Waals surface area contributed by atoms with E-state index in [0.717, 1.165) is 16.7 Å². The van der Waals surface area contributed by atoms with E-state index in [4.69, 9.17) is 0 Å². The summed E-state index contributed by atoms with van der Waals surface area (Å²) in [6, 6.07) is 5.57. The Morgan fingerprint density at radius 3 is 2.79 bits per heavy atom. The molecule has 0 aromatic heterocycles. The number of benzene rings is 1. The number of aryl methyl sites for hydroxylation is 1. The summed E-state index contributed by atoms with van der Waals surface area (Å²) in [6.45, 7) is 3.82. The van der Waals surface area contributed by atoms with E-state index in [1.54, 1.807) is 6.07 Å². The van der Waals surface area contributed by atoms with Crippen molar-refractivity contribution in [3.05, 3.63) is 51.1 Å². The van der Waals surface area contributed by atoms with Crippen LogP contribution in [0.25, 0.3) is 6.08 Å². The minimum absolute atomic E-state index is 0.106. The Labute approximate surface area is 83.2 Å². The summed E-state index contributed by atoms with van der Waals surface area (Å²) < 4.78 is 0. The van der Waals surface area contributed by atoms with E-state index in [-0.39, 0.29) is 11.5 Å². The van der Waals surface area contributed by atoms with Crippen molar-refractivity contribution in [2.24, 2.45) is 0 Å². The first-order valence-electron chi connectivity index (χ1n) is 4.47. The van der Waals surface area contributed by atoms with Crippen LogP contribution in [0.4, 0.5) is 0 Å². The summed E-state index contributed by atoms with van der Waals surface area (Å²) in [5.41, 5.74) is 2.93. The SMILES string of the molecule is C/C=C\c1cc(C[N+](=O)[O-])ccc1C. The maximum atomic E-state index is 10.3. The van der Waals surface area contributed by atoms with Gasteiger partial charge in [0, 0.05) is 10.5 Å². The molecular formula is C11H13NO2. The molecule has 1 aromatic carbocycles. The molecule has 1 rings (SSSR count). The number of allylic oxidation sites excluding steroid dienone is 1. The standard InChI is InChI=1S/C11H13NO2/c1-3-4-11-7-10(8-12(13)14)6-5-9(11)2/h3-7H,8H2,1-2H3/b4-3-. The van der Waals surface area contributed by atoms with Crippen molar-refractivity contribution < 1.29 is 4.92 Å². The van der Waals surface area contributed by atoms with E-state index < -0.39 is 0 Å². The predicted molar refractivity (Wildman–Crippen MR) is 56.6 cm³/mol. The van der Waals surface area contributed by atoms with Crippen LogP contribution in [0.5, 0.6) is 0 Å². The summed E-state index contributed by atoms with van der Waals surface area (Å²) >= 11 is 0. The highest BCUT2D eigenvalue weighted by Gasteiger charge is 2.02. The maximum absolute atomic E-state index is 10.3. The van der Waals surface area contributed by atoms with Crippen molar-refractivity contribution in [1.29, 1.82) is 0 Å². The Balaban J connectivity index is 3.00. The first-order chi connectivity index (χ1) is 6.63. The molecule has 0 saturated carbocycles. The lowest BCUT2D eigenvalue weighted by Crippen LogP contribution is -1.98. The minimum atomic E-state index is -0.315. The third kappa shape index (κ3) is 2.69. The van der Waals surface area contributed by atoms with Gasteiger partial charge in [-0.2, -0.15) is 0 Å². The molecule has 0 aliphatic carbocycles. The van der Waals surface area contributed by atoms with Gasteiger partial charge < -0.3 is 0 Å². The normalized spacial score (nSPS) is 10.7. The molecular weight excluding hydrogens is 178 g/mol. The lowest BCUT2D eigenvalue weighted by Gasteiger charge is -2.02. The number of hydrogen-bond acceptors (Lipinski definition) is 2. The predicted octanol–water partition coefficient (Wildman–Crippen LogP) is 2.80. The molecule has 0 aliphatic rings. The largest absolute Gasteiger partial charge is 0.264 e. The zero-order valence-electron chi connectivity index (χ0n) is 8.36. The smallest absolute Gasteiger partial charge is 0.228 e. The molecule has 0 spiro atoms. The van der Waals surface area contributed by atoms with Crippen LogP contribution in [0.3, 0.4) is 0 Å². The molecule has 0 saturated heterocycles. The monoisotopic (exact) mass is 191 g/mol. The quantitative estimate of drug-likeness (QED) is 0.544. The molecule has 0 fully saturated rings. The van der Waals surface area contributed by atoms with Gasteiger partial charge in [0.2, 0.25) is 6.54 Å². The van der Waals surface area contributed by atoms with Gasteiger partial charge in [-0.15, -0.1) is 0 Å². The lowest BCUT2D eigenvalue weighted by molar-refractivity contribution is -0.496. The molecule has 0 aliphatic heterocycles. The second-order valence-electron chi connectivity index (χ2n) is 3.18. The van der Waals surface area contributed by atoms with Crippen LogP contribution in [0.2, 0.25) is 0 Å². The average Bonchev–Trinajstić information content (AvgIpc) is 2.10. The maximum Gasteiger partial charge on any atom is 0.228 e. The van der Waals surface area contributed by atoms with Gasteiger partial charge in [-0.3, -0.25) is 10.1 Å². The molecule has 0 radical (unpaired) electrons. The summed E-state index contributed by atoms with van der Waals surface area (Å²) in [5, 5.41) is 10.3. The van der Waals surface area contributed by atoms with Gasteiger partial charge in [0.15, 0.2) is 0 Å². The zero-order valence-corrected chi connectivity index (χ0v) is 8.36. The Kier molecular flexibility index (Phi) is 3.40. The van der Waals surface area contributed by atoms with Crippen LogP contribution >= 0.6 is 0 Å². The fourth-order valence-electron chi connectivity index (χ4n) is 1.30. The van der Waals surface area contributed by atoms with E-state index in [9.17, 15) is 10.1 Å². The van der Waals surface area contributed by atoms with Crippen LogP contribution in [0.15, 0.2) is 24.3 Å². The number of nitro groups is 1.